The first kappa shape index (κ1) is 28.5. The maximum Gasteiger partial charge on any atom is 0.163 e. The lowest BCUT2D eigenvalue weighted by molar-refractivity contribution is 0.0962. The van der Waals surface area contributed by atoms with Crippen LogP contribution in [0.1, 0.15) is 73.5 Å². The van der Waals surface area contributed by atoms with Crippen LogP contribution in [-0.2, 0) is 0 Å². The minimum atomic E-state index is -0.141. The third-order valence-corrected chi connectivity index (χ3v) is 9.03. The molecule has 0 amide bonds. The molecule has 1 unspecified atom stereocenters. The number of nitrogens with zero attached hydrogens (tertiary/aromatic N) is 3. The summed E-state index contributed by atoms with van der Waals surface area (Å²) in [5, 5.41) is 12.1. The molecule has 1 saturated heterocycles. The number of rotatable bonds is 10. The summed E-state index contributed by atoms with van der Waals surface area (Å²) in [6, 6.07) is 22.1. The van der Waals surface area contributed by atoms with Gasteiger partial charge in [-0.25, -0.2) is 0 Å². The number of phenols is 1. The number of phenolic OH excluding ortho intramolecular Hbond substituents is 1. The van der Waals surface area contributed by atoms with Gasteiger partial charge in [0, 0.05) is 79.3 Å². The zero-order valence-corrected chi connectivity index (χ0v) is 24.6. The third-order valence-electron chi connectivity index (χ3n) is 8.78. The average molecular weight is 560 g/mol. The highest BCUT2D eigenvalue weighted by Crippen LogP contribution is 2.38. The van der Waals surface area contributed by atoms with Crippen LogP contribution in [0.3, 0.4) is 0 Å². The minimum Gasteiger partial charge on any atom is -0.508 e. The Labute approximate surface area is 244 Å². The standard InChI is InChI=1S/C34H42ClN3O2/c1-3-36(4-2)30-16-17-31(33(40)24-30)34(38-20-18-37(19-21-38)29-14-12-28(35)13-15-29)27-11-7-10-26(23-27)32(39)22-25-8-5-6-9-25/h7,10-17,23-25,34,40H,3-6,8-9,18-22H2,1-2H3. The van der Waals surface area contributed by atoms with E-state index in [1.165, 1.54) is 31.4 Å². The van der Waals surface area contributed by atoms with E-state index in [-0.39, 0.29) is 11.8 Å². The van der Waals surface area contributed by atoms with Crippen LogP contribution in [0, 0.1) is 5.92 Å². The van der Waals surface area contributed by atoms with Crippen molar-refractivity contribution in [3.05, 3.63) is 88.4 Å². The van der Waals surface area contributed by atoms with Crippen LogP contribution in [0.15, 0.2) is 66.7 Å². The Morgan fingerprint density at radius 1 is 0.950 bits per heavy atom. The molecule has 40 heavy (non-hydrogen) atoms. The average Bonchev–Trinajstić information content (AvgIpc) is 3.49. The second-order valence-electron chi connectivity index (χ2n) is 11.2. The van der Waals surface area contributed by atoms with Gasteiger partial charge in [-0.05, 0) is 61.7 Å². The fraction of sp³-hybridized carbons (Fsp3) is 0.441. The molecular formula is C34H42ClN3O2. The van der Waals surface area contributed by atoms with Crippen molar-refractivity contribution in [2.75, 3.05) is 49.1 Å². The minimum absolute atomic E-state index is 0.141. The summed E-state index contributed by atoms with van der Waals surface area (Å²) in [6.45, 7) is 9.45. The second-order valence-corrected chi connectivity index (χ2v) is 11.7. The zero-order valence-electron chi connectivity index (χ0n) is 23.9. The van der Waals surface area contributed by atoms with Gasteiger partial charge >= 0.3 is 0 Å². The first-order chi connectivity index (χ1) is 19.5. The molecular weight excluding hydrogens is 518 g/mol. The Morgan fingerprint density at radius 2 is 1.65 bits per heavy atom. The summed E-state index contributed by atoms with van der Waals surface area (Å²) in [5.41, 5.74) is 4.93. The zero-order chi connectivity index (χ0) is 28.1. The van der Waals surface area contributed by atoms with E-state index in [1.807, 2.05) is 30.3 Å². The topological polar surface area (TPSA) is 47.0 Å². The van der Waals surface area contributed by atoms with E-state index in [9.17, 15) is 9.90 Å². The maximum atomic E-state index is 13.3. The third kappa shape index (κ3) is 6.47. The van der Waals surface area contributed by atoms with Gasteiger partial charge in [-0.1, -0.05) is 61.5 Å². The van der Waals surface area contributed by atoms with E-state index in [4.69, 9.17) is 11.6 Å². The van der Waals surface area contributed by atoms with Crippen LogP contribution >= 0.6 is 11.6 Å². The lowest BCUT2D eigenvalue weighted by atomic mass is 9.91. The number of halogens is 1. The number of carbonyl (C=O) groups excluding carboxylic acids is 1. The molecule has 2 aliphatic rings. The molecule has 0 bridgehead atoms. The Morgan fingerprint density at radius 3 is 2.30 bits per heavy atom. The van der Waals surface area contributed by atoms with Gasteiger partial charge in [0.05, 0.1) is 6.04 Å². The summed E-state index contributed by atoms with van der Waals surface area (Å²) in [7, 11) is 0. The van der Waals surface area contributed by atoms with Crippen molar-refractivity contribution in [2.24, 2.45) is 5.92 Å². The molecule has 0 radical (unpaired) electrons. The van der Waals surface area contributed by atoms with Crippen LogP contribution in [0.25, 0.3) is 0 Å². The monoisotopic (exact) mass is 559 g/mol. The molecule has 1 aliphatic heterocycles. The van der Waals surface area contributed by atoms with Gasteiger partial charge in [0.25, 0.3) is 0 Å². The van der Waals surface area contributed by atoms with E-state index in [0.29, 0.717) is 18.1 Å². The van der Waals surface area contributed by atoms with E-state index in [0.717, 1.165) is 66.7 Å². The van der Waals surface area contributed by atoms with Gasteiger partial charge in [-0.15, -0.1) is 0 Å². The van der Waals surface area contributed by atoms with Crippen LogP contribution in [0.2, 0.25) is 5.02 Å². The number of aromatic hydroxyl groups is 1. The normalized spacial score (nSPS) is 17.2. The van der Waals surface area contributed by atoms with Crippen molar-refractivity contribution in [3.8, 4) is 5.75 Å². The van der Waals surface area contributed by atoms with Gasteiger partial charge in [0.1, 0.15) is 5.75 Å². The van der Waals surface area contributed by atoms with Crippen molar-refractivity contribution in [1.29, 1.82) is 0 Å². The molecule has 1 N–H and O–H groups in total. The van der Waals surface area contributed by atoms with Crippen LogP contribution < -0.4 is 9.80 Å². The number of carbonyl (C=O) groups is 1. The number of ketones is 1. The lowest BCUT2D eigenvalue weighted by Gasteiger charge is -2.41. The van der Waals surface area contributed by atoms with Crippen LogP contribution in [-0.4, -0.2) is 55.1 Å². The Hall–Kier alpha value is -3.02. The Bertz CT molecular complexity index is 1280. The molecule has 0 spiro atoms. The Balaban J connectivity index is 1.44. The van der Waals surface area contributed by atoms with E-state index < -0.39 is 0 Å². The number of piperazine rings is 1. The number of anilines is 2. The molecule has 2 fully saturated rings. The fourth-order valence-corrected chi connectivity index (χ4v) is 6.63. The smallest absolute Gasteiger partial charge is 0.163 e. The molecule has 5 rings (SSSR count). The molecule has 3 aromatic rings. The number of hydrogen-bond acceptors (Lipinski definition) is 5. The van der Waals surface area contributed by atoms with Crippen molar-refractivity contribution in [2.45, 2.75) is 52.0 Å². The number of hydrogen-bond donors (Lipinski definition) is 1. The molecule has 1 saturated carbocycles. The Kier molecular flexibility index (Phi) is 9.33. The molecule has 1 aliphatic carbocycles. The summed E-state index contributed by atoms with van der Waals surface area (Å²) in [5.74, 6) is 1.06. The number of benzene rings is 3. The predicted octanol–water partition coefficient (Wildman–Crippen LogP) is 7.57. The summed E-state index contributed by atoms with van der Waals surface area (Å²) < 4.78 is 0. The highest BCUT2D eigenvalue weighted by molar-refractivity contribution is 6.30. The van der Waals surface area contributed by atoms with Crippen molar-refractivity contribution in [1.82, 2.24) is 4.90 Å². The summed E-state index contributed by atoms with van der Waals surface area (Å²) in [6.07, 6.45) is 5.45. The van der Waals surface area contributed by atoms with E-state index in [2.05, 4.69) is 64.9 Å². The second kappa shape index (κ2) is 13.1. The number of Topliss-reactive ketones (excluding diaryl/α,β-unsaturated/α-hetero) is 1. The van der Waals surface area contributed by atoms with E-state index in [1.54, 1.807) is 0 Å². The van der Waals surface area contributed by atoms with Gasteiger partial charge < -0.3 is 14.9 Å². The van der Waals surface area contributed by atoms with Gasteiger partial charge in [0.15, 0.2) is 5.78 Å². The van der Waals surface area contributed by atoms with Gasteiger partial charge in [-0.2, -0.15) is 0 Å². The van der Waals surface area contributed by atoms with Crippen LogP contribution in [0.5, 0.6) is 5.75 Å². The molecule has 6 heteroatoms. The molecule has 1 atom stereocenters. The largest absolute Gasteiger partial charge is 0.508 e. The molecule has 0 aromatic heterocycles. The molecule has 212 valence electrons. The summed E-state index contributed by atoms with van der Waals surface area (Å²) >= 11 is 6.12. The first-order valence-electron chi connectivity index (χ1n) is 14.9. The van der Waals surface area contributed by atoms with Crippen molar-refractivity contribution in [3.63, 3.8) is 0 Å². The quantitative estimate of drug-likeness (QED) is 0.260. The summed E-state index contributed by atoms with van der Waals surface area (Å²) in [4.78, 5) is 20.3. The fourth-order valence-electron chi connectivity index (χ4n) is 6.50. The van der Waals surface area contributed by atoms with Crippen LogP contribution in [0.4, 0.5) is 11.4 Å². The van der Waals surface area contributed by atoms with E-state index >= 15 is 0 Å². The first-order valence-corrected chi connectivity index (χ1v) is 15.3. The molecule has 3 aromatic carbocycles. The molecule has 5 nitrogen and oxygen atoms in total. The highest BCUT2D eigenvalue weighted by atomic mass is 35.5. The lowest BCUT2D eigenvalue weighted by Crippen LogP contribution is -2.48. The van der Waals surface area contributed by atoms with Gasteiger partial charge in [0.2, 0.25) is 0 Å². The highest BCUT2D eigenvalue weighted by Gasteiger charge is 2.29. The molecule has 1 heterocycles. The predicted molar refractivity (Wildman–Crippen MR) is 166 cm³/mol. The van der Waals surface area contributed by atoms with Crippen molar-refractivity contribution < 1.29 is 9.90 Å². The maximum absolute atomic E-state index is 13.3. The van der Waals surface area contributed by atoms with Gasteiger partial charge in [-0.3, -0.25) is 9.69 Å². The van der Waals surface area contributed by atoms with Crippen molar-refractivity contribution >= 4 is 28.8 Å². The SMILES string of the molecule is CCN(CC)c1ccc(C(c2cccc(C(=O)CC3CCCC3)c2)N2CCN(c3ccc(Cl)cc3)CC2)c(O)c1.